The third-order valence-electron chi connectivity index (χ3n) is 5.18. The lowest BCUT2D eigenvalue weighted by Gasteiger charge is -2.24. The summed E-state index contributed by atoms with van der Waals surface area (Å²) in [5.41, 5.74) is 1.15. The minimum absolute atomic E-state index is 0.0292. The van der Waals surface area contributed by atoms with Gasteiger partial charge in [-0.2, -0.15) is 4.31 Å². The normalized spacial score (nSPS) is 11.9. The van der Waals surface area contributed by atoms with Crippen LogP contribution in [0.15, 0.2) is 53.4 Å². The van der Waals surface area contributed by atoms with E-state index in [1.165, 1.54) is 30.6 Å². The van der Waals surface area contributed by atoms with Crippen LogP contribution in [-0.4, -0.2) is 63.4 Å². The molecule has 0 fully saturated rings. The molecule has 0 aliphatic heterocycles. The zero-order chi connectivity index (χ0) is 23.0. The van der Waals surface area contributed by atoms with Crippen LogP contribution in [-0.2, 0) is 16.6 Å². The van der Waals surface area contributed by atoms with Crippen LogP contribution < -0.4 is 10.1 Å². The summed E-state index contributed by atoms with van der Waals surface area (Å²) < 4.78 is 33.0. The summed E-state index contributed by atoms with van der Waals surface area (Å²) in [6.07, 6.45) is 0. The van der Waals surface area contributed by atoms with Gasteiger partial charge in [-0.05, 0) is 44.2 Å². The number of amides is 1. The number of nitrogens with zero attached hydrogens (tertiary/aromatic N) is 2. The molecule has 2 rings (SSSR count). The van der Waals surface area contributed by atoms with Crippen molar-refractivity contribution in [3.05, 3.63) is 59.7 Å². The number of carbonyl (C=O) groups excluding carboxylic acids is 1. The zero-order valence-corrected chi connectivity index (χ0v) is 19.8. The molecule has 170 valence electrons. The van der Waals surface area contributed by atoms with Gasteiger partial charge in [0.2, 0.25) is 10.0 Å². The van der Waals surface area contributed by atoms with Crippen molar-refractivity contribution in [2.45, 2.75) is 38.3 Å². The summed E-state index contributed by atoms with van der Waals surface area (Å²) in [7, 11) is -0.938. The molecule has 1 amide bonds. The maximum Gasteiger partial charge on any atom is 0.251 e. The van der Waals surface area contributed by atoms with Gasteiger partial charge in [-0.15, -0.1) is 0 Å². The van der Waals surface area contributed by atoms with E-state index >= 15 is 0 Å². The third kappa shape index (κ3) is 6.53. The third-order valence-corrected chi connectivity index (χ3v) is 7.01. The van der Waals surface area contributed by atoms with Gasteiger partial charge in [0.25, 0.3) is 5.91 Å². The number of ether oxygens (including phenoxy) is 1. The predicted octanol–water partition coefficient (Wildman–Crippen LogP) is 2.98. The first kappa shape index (κ1) is 24.8. The minimum atomic E-state index is -3.86. The van der Waals surface area contributed by atoms with Gasteiger partial charge < -0.3 is 10.1 Å². The van der Waals surface area contributed by atoms with Crippen molar-refractivity contribution in [1.82, 2.24) is 14.5 Å². The molecular formula is C23H33N3O4S. The Morgan fingerprint density at radius 2 is 1.81 bits per heavy atom. The molecule has 0 radical (unpaired) electrons. The van der Waals surface area contributed by atoms with E-state index in [0.29, 0.717) is 12.6 Å². The van der Waals surface area contributed by atoms with Crippen LogP contribution in [0, 0.1) is 0 Å². The second kappa shape index (κ2) is 11.3. The Bertz CT molecular complexity index is 962. The average Bonchev–Trinajstić information content (AvgIpc) is 2.76. The van der Waals surface area contributed by atoms with Gasteiger partial charge in [-0.1, -0.05) is 37.3 Å². The highest BCUT2D eigenvalue weighted by atomic mass is 32.2. The first-order valence-electron chi connectivity index (χ1n) is 10.4. The Morgan fingerprint density at radius 1 is 1.13 bits per heavy atom. The standard InChI is InChI=1S/C23H33N3O4S/c1-6-26(18(2)3)15-14-24-23(27)20-12-13-21(30-5)22(16-20)31(28,29)25(4)17-19-10-8-7-9-11-19/h7-13,16,18H,6,14-15,17H2,1-5H3,(H,24,27). The topological polar surface area (TPSA) is 79.0 Å². The summed E-state index contributed by atoms with van der Waals surface area (Å²) in [5, 5.41) is 2.87. The predicted molar refractivity (Wildman–Crippen MR) is 123 cm³/mol. The molecule has 0 aliphatic carbocycles. The molecule has 0 bridgehead atoms. The Balaban J connectivity index is 2.19. The number of sulfonamides is 1. The first-order chi connectivity index (χ1) is 14.7. The second-order valence-electron chi connectivity index (χ2n) is 7.59. The lowest BCUT2D eigenvalue weighted by Crippen LogP contribution is -2.38. The molecule has 7 nitrogen and oxygen atoms in total. The van der Waals surface area contributed by atoms with Gasteiger partial charge in [-0.3, -0.25) is 9.69 Å². The highest BCUT2D eigenvalue weighted by Crippen LogP contribution is 2.28. The summed E-state index contributed by atoms with van der Waals surface area (Å²) >= 11 is 0. The van der Waals surface area contributed by atoms with Gasteiger partial charge in [0.05, 0.1) is 7.11 Å². The van der Waals surface area contributed by atoms with Crippen molar-refractivity contribution >= 4 is 15.9 Å². The van der Waals surface area contributed by atoms with E-state index in [0.717, 1.165) is 18.7 Å². The summed E-state index contributed by atoms with van der Waals surface area (Å²) in [6.45, 7) is 8.61. The molecule has 0 spiro atoms. The largest absolute Gasteiger partial charge is 0.495 e. The molecular weight excluding hydrogens is 414 g/mol. The monoisotopic (exact) mass is 447 g/mol. The van der Waals surface area contributed by atoms with E-state index < -0.39 is 10.0 Å². The van der Waals surface area contributed by atoms with Gasteiger partial charge in [0.15, 0.2) is 0 Å². The van der Waals surface area contributed by atoms with E-state index in [1.54, 1.807) is 6.07 Å². The van der Waals surface area contributed by atoms with Crippen molar-refractivity contribution in [3.63, 3.8) is 0 Å². The summed E-state index contributed by atoms with van der Waals surface area (Å²) in [6, 6.07) is 14.2. The van der Waals surface area contributed by atoms with E-state index in [-0.39, 0.29) is 28.7 Å². The molecule has 0 atom stereocenters. The van der Waals surface area contributed by atoms with E-state index in [9.17, 15) is 13.2 Å². The molecule has 0 aliphatic rings. The smallest absolute Gasteiger partial charge is 0.251 e. The van der Waals surface area contributed by atoms with Crippen molar-refractivity contribution in [2.24, 2.45) is 0 Å². The quantitative estimate of drug-likeness (QED) is 0.573. The van der Waals surface area contributed by atoms with Gasteiger partial charge in [-0.25, -0.2) is 8.42 Å². The molecule has 8 heteroatoms. The molecule has 0 saturated heterocycles. The van der Waals surface area contributed by atoms with Gasteiger partial charge >= 0.3 is 0 Å². The Labute approximate surface area is 186 Å². The molecule has 0 saturated carbocycles. The van der Waals surface area contributed by atoms with Crippen molar-refractivity contribution < 1.29 is 17.9 Å². The van der Waals surface area contributed by atoms with E-state index in [2.05, 4.69) is 31.0 Å². The van der Waals surface area contributed by atoms with Crippen molar-refractivity contribution in [2.75, 3.05) is 33.8 Å². The Morgan fingerprint density at radius 3 is 2.39 bits per heavy atom. The fourth-order valence-electron chi connectivity index (χ4n) is 3.31. The Hall–Kier alpha value is -2.42. The molecule has 2 aromatic carbocycles. The number of benzene rings is 2. The number of hydrogen-bond acceptors (Lipinski definition) is 5. The molecule has 0 aromatic heterocycles. The average molecular weight is 448 g/mol. The maximum atomic E-state index is 13.2. The number of methoxy groups -OCH3 is 1. The lowest BCUT2D eigenvalue weighted by molar-refractivity contribution is 0.0945. The molecule has 0 heterocycles. The maximum absolute atomic E-state index is 13.2. The zero-order valence-electron chi connectivity index (χ0n) is 19.0. The molecule has 2 aromatic rings. The SMILES string of the molecule is CCN(CCNC(=O)c1ccc(OC)c(S(=O)(=O)N(C)Cc2ccccc2)c1)C(C)C. The van der Waals surface area contributed by atoms with Gasteiger partial charge in [0, 0.05) is 38.3 Å². The number of carbonyl (C=O) groups is 1. The van der Waals surface area contributed by atoms with Crippen LogP contribution >= 0.6 is 0 Å². The molecule has 31 heavy (non-hydrogen) atoms. The van der Waals surface area contributed by atoms with Crippen LogP contribution in [0.4, 0.5) is 0 Å². The molecule has 1 N–H and O–H groups in total. The van der Waals surface area contributed by atoms with Crippen molar-refractivity contribution in [1.29, 1.82) is 0 Å². The van der Waals surface area contributed by atoms with Crippen LogP contribution in [0.25, 0.3) is 0 Å². The number of rotatable bonds is 11. The highest BCUT2D eigenvalue weighted by Gasteiger charge is 2.26. The Kier molecular flexibility index (Phi) is 9.03. The number of nitrogens with one attached hydrogen (secondary N) is 1. The fourth-order valence-corrected chi connectivity index (χ4v) is 4.65. The lowest BCUT2D eigenvalue weighted by atomic mass is 10.2. The van der Waals surface area contributed by atoms with Crippen LogP contribution in [0.5, 0.6) is 5.75 Å². The molecule has 0 unspecified atom stereocenters. The minimum Gasteiger partial charge on any atom is -0.495 e. The summed E-state index contributed by atoms with van der Waals surface area (Å²) in [4.78, 5) is 14.9. The first-order valence-corrected chi connectivity index (χ1v) is 11.8. The summed E-state index contributed by atoms with van der Waals surface area (Å²) in [5.74, 6) is -0.113. The van der Waals surface area contributed by atoms with Crippen LogP contribution in [0.2, 0.25) is 0 Å². The van der Waals surface area contributed by atoms with Gasteiger partial charge in [0.1, 0.15) is 10.6 Å². The highest BCUT2D eigenvalue weighted by molar-refractivity contribution is 7.89. The van der Waals surface area contributed by atoms with E-state index in [4.69, 9.17) is 4.74 Å². The van der Waals surface area contributed by atoms with Crippen LogP contribution in [0.3, 0.4) is 0 Å². The van der Waals surface area contributed by atoms with E-state index in [1.807, 2.05) is 30.3 Å². The second-order valence-corrected chi connectivity index (χ2v) is 9.60. The van der Waals surface area contributed by atoms with Crippen LogP contribution in [0.1, 0.15) is 36.7 Å². The number of hydrogen-bond donors (Lipinski definition) is 1. The van der Waals surface area contributed by atoms with Crippen molar-refractivity contribution in [3.8, 4) is 5.75 Å². The number of likely N-dealkylation sites (N-methyl/N-ethyl adjacent to an activating group) is 1. The fraction of sp³-hybridized carbons (Fsp3) is 0.435.